The molecule has 0 fully saturated rings. The third-order valence-corrected chi connectivity index (χ3v) is 3.08. The zero-order valence-electron chi connectivity index (χ0n) is 9.89. The number of hydrogen-bond donors (Lipinski definition) is 1. The summed E-state index contributed by atoms with van der Waals surface area (Å²) in [5, 5.41) is 8.69. The highest BCUT2D eigenvalue weighted by Crippen LogP contribution is 2.28. The molecule has 0 spiro atoms. The van der Waals surface area contributed by atoms with Crippen LogP contribution in [0.2, 0.25) is 0 Å². The third-order valence-electron chi connectivity index (χ3n) is 3.08. The normalized spacial score (nSPS) is 18.6. The van der Waals surface area contributed by atoms with Crippen LogP contribution < -0.4 is 4.74 Å². The summed E-state index contributed by atoms with van der Waals surface area (Å²) in [4.78, 5) is 11.9. The molecule has 1 aromatic rings. The van der Waals surface area contributed by atoms with Gasteiger partial charge >= 0.3 is 0 Å². The molecular weight excluding hydrogens is 216 g/mol. The van der Waals surface area contributed by atoms with Crippen molar-refractivity contribution in [1.82, 2.24) is 0 Å². The van der Waals surface area contributed by atoms with E-state index in [9.17, 15) is 4.79 Å². The lowest BCUT2D eigenvalue weighted by Crippen LogP contribution is -2.26. The molecule has 1 heterocycles. The molecule has 1 aliphatic rings. The Balaban J connectivity index is 1.91. The zero-order chi connectivity index (χ0) is 12.1. The molecule has 0 aromatic heterocycles. The van der Waals surface area contributed by atoms with E-state index in [1.54, 1.807) is 0 Å². The van der Waals surface area contributed by atoms with Crippen LogP contribution in [-0.4, -0.2) is 23.6 Å². The van der Waals surface area contributed by atoms with Crippen LogP contribution in [0.3, 0.4) is 0 Å². The highest BCUT2D eigenvalue weighted by atomic mass is 16.5. The van der Waals surface area contributed by atoms with E-state index in [0.29, 0.717) is 12.0 Å². The van der Waals surface area contributed by atoms with E-state index >= 15 is 0 Å². The number of benzene rings is 1. The molecule has 0 aliphatic carbocycles. The molecule has 0 bridgehead atoms. The van der Waals surface area contributed by atoms with Gasteiger partial charge in [-0.15, -0.1) is 0 Å². The molecule has 0 saturated heterocycles. The number of carbonyl (C=O) groups is 1. The Morgan fingerprint density at radius 1 is 1.24 bits per heavy atom. The monoisotopic (exact) mass is 234 g/mol. The summed E-state index contributed by atoms with van der Waals surface area (Å²) in [6.45, 7) is 0.243. The second-order valence-corrected chi connectivity index (χ2v) is 4.44. The van der Waals surface area contributed by atoms with Crippen molar-refractivity contribution >= 4 is 5.78 Å². The highest BCUT2D eigenvalue weighted by molar-refractivity contribution is 5.99. The molecular formula is C14H18O3. The number of carbonyl (C=O) groups excluding carboxylic acids is 1. The maximum Gasteiger partial charge on any atom is 0.170 e. The lowest BCUT2D eigenvalue weighted by atomic mass is 9.97. The molecule has 3 nitrogen and oxygen atoms in total. The number of rotatable bonds is 5. The molecule has 17 heavy (non-hydrogen) atoms. The quantitative estimate of drug-likeness (QED) is 0.796. The van der Waals surface area contributed by atoms with Crippen molar-refractivity contribution in [3.63, 3.8) is 0 Å². The Morgan fingerprint density at radius 3 is 2.88 bits per heavy atom. The standard InChI is InChI=1S/C14H18O3/c15-9-5-1-2-6-11-10-13(16)12-7-3-4-8-14(12)17-11/h3-4,7-8,11,15H,1-2,5-6,9-10H2. The number of fused-ring (bicyclic) bond motifs is 1. The topological polar surface area (TPSA) is 46.5 Å². The second-order valence-electron chi connectivity index (χ2n) is 4.44. The number of unbranched alkanes of at least 4 members (excludes halogenated alkanes) is 2. The van der Waals surface area contributed by atoms with Gasteiger partial charge < -0.3 is 9.84 Å². The van der Waals surface area contributed by atoms with E-state index in [2.05, 4.69) is 0 Å². The van der Waals surface area contributed by atoms with Crippen LogP contribution >= 0.6 is 0 Å². The van der Waals surface area contributed by atoms with Gasteiger partial charge in [0.05, 0.1) is 5.56 Å². The van der Waals surface area contributed by atoms with E-state index in [4.69, 9.17) is 9.84 Å². The van der Waals surface area contributed by atoms with E-state index in [-0.39, 0.29) is 18.5 Å². The van der Waals surface area contributed by atoms with Crippen LogP contribution in [0.25, 0.3) is 0 Å². The molecule has 1 unspecified atom stereocenters. The molecule has 92 valence electrons. The van der Waals surface area contributed by atoms with Crippen LogP contribution in [0.1, 0.15) is 42.5 Å². The summed E-state index contributed by atoms with van der Waals surface area (Å²) in [6, 6.07) is 7.43. The van der Waals surface area contributed by atoms with Gasteiger partial charge in [0.2, 0.25) is 0 Å². The van der Waals surface area contributed by atoms with Gasteiger partial charge in [-0.1, -0.05) is 18.6 Å². The maximum atomic E-state index is 11.9. The van der Waals surface area contributed by atoms with Crippen LogP contribution in [-0.2, 0) is 0 Å². The van der Waals surface area contributed by atoms with Crippen molar-refractivity contribution in [2.24, 2.45) is 0 Å². The summed E-state index contributed by atoms with van der Waals surface area (Å²) >= 11 is 0. The SMILES string of the molecule is O=C1CC(CCCCCO)Oc2ccccc21. The Hall–Kier alpha value is -1.35. The summed E-state index contributed by atoms with van der Waals surface area (Å²) in [6.07, 6.45) is 4.21. The van der Waals surface area contributed by atoms with Crippen molar-refractivity contribution < 1.29 is 14.6 Å². The molecule has 0 radical (unpaired) electrons. The predicted molar refractivity (Wildman–Crippen MR) is 65.4 cm³/mol. The largest absolute Gasteiger partial charge is 0.489 e. The first-order valence-electron chi connectivity index (χ1n) is 6.21. The Kier molecular flexibility index (Phi) is 4.15. The van der Waals surface area contributed by atoms with Crippen LogP contribution in [0, 0.1) is 0 Å². The van der Waals surface area contributed by atoms with Crippen LogP contribution in [0.15, 0.2) is 24.3 Å². The van der Waals surface area contributed by atoms with Gasteiger partial charge in [0.1, 0.15) is 11.9 Å². The van der Waals surface area contributed by atoms with E-state index in [0.717, 1.165) is 31.4 Å². The smallest absolute Gasteiger partial charge is 0.170 e. The Bertz CT molecular complexity index is 387. The number of para-hydroxylation sites is 1. The summed E-state index contributed by atoms with van der Waals surface area (Å²) < 4.78 is 5.80. The number of aliphatic hydroxyl groups excluding tert-OH is 1. The number of aliphatic hydroxyl groups is 1. The first-order chi connectivity index (χ1) is 8.31. The third kappa shape index (κ3) is 3.07. The molecule has 0 amide bonds. The lowest BCUT2D eigenvalue weighted by molar-refractivity contribution is 0.0834. The first kappa shape index (κ1) is 12.1. The Morgan fingerprint density at radius 2 is 2.06 bits per heavy atom. The number of hydrogen-bond acceptors (Lipinski definition) is 3. The number of Topliss-reactive ketones (excluding diaryl/α,β-unsaturated/α-hetero) is 1. The first-order valence-corrected chi connectivity index (χ1v) is 6.21. The summed E-state index contributed by atoms with van der Waals surface area (Å²) in [5.74, 6) is 0.898. The predicted octanol–water partition coefficient (Wildman–Crippen LogP) is 2.57. The van der Waals surface area contributed by atoms with E-state index < -0.39 is 0 Å². The molecule has 2 rings (SSSR count). The van der Waals surface area contributed by atoms with Crippen molar-refractivity contribution in [2.75, 3.05) is 6.61 Å². The molecule has 1 aliphatic heterocycles. The summed E-state index contributed by atoms with van der Waals surface area (Å²) in [5.41, 5.74) is 0.708. The fourth-order valence-electron chi connectivity index (χ4n) is 2.16. The average Bonchev–Trinajstić information content (AvgIpc) is 2.35. The average molecular weight is 234 g/mol. The van der Waals surface area contributed by atoms with Crippen molar-refractivity contribution in [3.8, 4) is 5.75 Å². The van der Waals surface area contributed by atoms with Gasteiger partial charge in [-0.05, 0) is 31.4 Å². The van der Waals surface area contributed by atoms with Crippen LogP contribution in [0.5, 0.6) is 5.75 Å². The van der Waals surface area contributed by atoms with E-state index in [1.165, 1.54) is 0 Å². The fourth-order valence-corrected chi connectivity index (χ4v) is 2.16. The number of ether oxygens (including phenoxy) is 1. The van der Waals surface area contributed by atoms with Gasteiger partial charge in [0, 0.05) is 13.0 Å². The maximum absolute atomic E-state index is 11.9. The van der Waals surface area contributed by atoms with Gasteiger partial charge in [-0.2, -0.15) is 0 Å². The fraction of sp³-hybridized carbons (Fsp3) is 0.500. The number of ketones is 1. The minimum absolute atomic E-state index is 0.0103. The van der Waals surface area contributed by atoms with Gasteiger partial charge in [0.25, 0.3) is 0 Å². The Labute approximate surface area is 101 Å². The minimum atomic E-state index is 0.0103. The molecule has 0 saturated carbocycles. The van der Waals surface area contributed by atoms with Gasteiger partial charge in [0.15, 0.2) is 5.78 Å². The van der Waals surface area contributed by atoms with Gasteiger partial charge in [-0.3, -0.25) is 4.79 Å². The van der Waals surface area contributed by atoms with Crippen molar-refractivity contribution in [2.45, 2.75) is 38.2 Å². The second kappa shape index (κ2) is 5.82. The van der Waals surface area contributed by atoms with E-state index in [1.807, 2.05) is 24.3 Å². The molecule has 1 aromatic carbocycles. The lowest BCUT2D eigenvalue weighted by Gasteiger charge is -2.25. The van der Waals surface area contributed by atoms with Crippen LogP contribution in [0.4, 0.5) is 0 Å². The van der Waals surface area contributed by atoms with Gasteiger partial charge in [-0.25, -0.2) is 0 Å². The molecule has 3 heteroatoms. The highest BCUT2D eigenvalue weighted by Gasteiger charge is 2.25. The van der Waals surface area contributed by atoms with Crippen molar-refractivity contribution in [1.29, 1.82) is 0 Å². The molecule has 1 atom stereocenters. The molecule has 1 N–H and O–H groups in total. The van der Waals surface area contributed by atoms with Crippen molar-refractivity contribution in [3.05, 3.63) is 29.8 Å². The zero-order valence-corrected chi connectivity index (χ0v) is 9.89. The minimum Gasteiger partial charge on any atom is -0.489 e. The summed E-state index contributed by atoms with van der Waals surface area (Å²) in [7, 11) is 0.